The van der Waals surface area contributed by atoms with Crippen LogP contribution in [0.3, 0.4) is 0 Å². The molecule has 0 unspecified atom stereocenters. The van der Waals surface area contributed by atoms with Crippen molar-refractivity contribution in [1.82, 2.24) is 4.90 Å². The first-order chi connectivity index (χ1) is 8.59. The lowest BCUT2D eigenvalue weighted by molar-refractivity contribution is 0.113. The van der Waals surface area contributed by atoms with E-state index in [4.69, 9.17) is 5.73 Å². The van der Waals surface area contributed by atoms with Crippen LogP contribution >= 0.6 is 0 Å². The molecule has 1 rings (SSSR count). The zero-order chi connectivity index (χ0) is 13.4. The quantitative estimate of drug-likeness (QED) is 0.781. The number of hydrogen-bond acceptors (Lipinski definition) is 2. The molecule has 108 valence electrons. The van der Waals surface area contributed by atoms with Crippen LogP contribution < -0.4 is 5.73 Å². The van der Waals surface area contributed by atoms with Crippen LogP contribution in [0, 0.1) is 5.41 Å². The minimum atomic E-state index is 0.261. The molecular formula is C16H34N2. The Kier molecular flexibility index (Phi) is 7.25. The summed E-state index contributed by atoms with van der Waals surface area (Å²) in [7, 11) is 0. The minimum absolute atomic E-state index is 0.261. The van der Waals surface area contributed by atoms with E-state index in [-0.39, 0.29) is 5.41 Å². The Bertz CT molecular complexity index is 205. The first-order valence-corrected chi connectivity index (χ1v) is 8.03. The van der Waals surface area contributed by atoms with Gasteiger partial charge in [-0.15, -0.1) is 0 Å². The van der Waals surface area contributed by atoms with Gasteiger partial charge in [0, 0.05) is 12.6 Å². The van der Waals surface area contributed by atoms with E-state index in [2.05, 4.69) is 25.7 Å². The molecule has 2 N–H and O–H groups in total. The minimum Gasteiger partial charge on any atom is -0.330 e. The van der Waals surface area contributed by atoms with E-state index in [9.17, 15) is 0 Å². The summed E-state index contributed by atoms with van der Waals surface area (Å²) in [5.74, 6) is 0. The van der Waals surface area contributed by atoms with E-state index in [1.807, 2.05) is 0 Å². The van der Waals surface area contributed by atoms with E-state index in [0.29, 0.717) is 0 Å². The maximum absolute atomic E-state index is 5.91. The molecule has 0 amide bonds. The van der Waals surface area contributed by atoms with Gasteiger partial charge in [-0.05, 0) is 37.8 Å². The van der Waals surface area contributed by atoms with Gasteiger partial charge in [0.05, 0.1) is 0 Å². The molecule has 1 aliphatic rings. The fraction of sp³-hybridized carbons (Fsp3) is 1.00. The van der Waals surface area contributed by atoms with Crippen molar-refractivity contribution >= 4 is 0 Å². The fourth-order valence-corrected chi connectivity index (χ4v) is 3.09. The van der Waals surface area contributed by atoms with Gasteiger partial charge >= 0.3 is 0 Å². The lowest BCUT2D eigenvalue weighted by atomic mass is 9.90. The van der Waals surface area contributed by atoms with E-state index in [1.165, 1.54) is 64.5 Å². The molecule has 0 atom stereocenters. The molecule has 2 heteroatoms. The largest absolute Gasteiger partial charge is 0.330 e. The second-order valence-corrected chi connectivity index (χ2v) is 6.84. The molecule has 0 aliphatic heterocycles. The normalized spacial score (nSPS) is 19.8. The van der Waals surface area contributed by atoms with Gasteiger partial charge in [-0.25, -0.2) is 0 Å². The van der Waals surface area contributed by atoms with Gasteiger partial charge in [0.25, 0.3) is 0 Å². The third-order valence-electron chi connectivity index (χ3n) is 4.29. The van der Waals surface area contributed by atoms with E-state index in [1.54, 1.807) is 0 Å². The summed E-state index contributed by atoms with van der Waals surface area (Å²) < 4.78 is 0. The Morgan fingerprint density at radius 3 is 2.11 bits per heavy atom. The van der Waals surface area contributed by atoms with E-state index < -0.39 is 0 Å². The highest BCUT2D eigenvalue weighted by Crippen LogP contribution is 2.25. The van der Waals surface area contributed by atoms with Crippen molar-refractivity contribution in [2.45, 2.75) is 78.2 Å². The second-order valence-electron chi connectivity index (χ2n) is 6.84. The Hall–Kier alpha value is -0.0800. The zero-order valence-corrected chi connectivity index (χ0v) is 12.9. The second kappa shape index (κ2) is 8.16. The van der Waals surface area contributed by atoms with Crippen molar-refractivity contribution in [1.29, 1.82) is 0 Å². The molecule has 0 aromatic carbocycles. The number of nitrogens with two attached hydrogens (primary N) is 1. The summed E-state index contributed by atoms with van der Waals surface area (Å²) in [6.45, 7) is 10.1. The molecular weight excluding hydrogens is 220 g/mol. The average Bonchev–Trinajstić information content (AvgIpc) is 2.28. The van der Waals surface area contributed by atoms with Gasteiger partial charge in [0.15, 0.2) is 0 Å². The molecule has 0 heterocycles. The lowest BCUT2D eigenvalue weighted by Gasteiger charge is -2.38. The first kappa shape index (κ1) is 16.0. The van der Waals surface area contributed by atoms with Gasteiger partial charge in [0.1, 0.15) is 0 Å². The summed E-state index contributed by atoms with van der Waals surface area (Å²) in [5.41, 5.74) is 6.17. The molecule has 1 aliphatic carbocycles. The molecule has 1 fully saturated rings. The van der Waals surface area contributed by atoms with Gasteiger partial charge in [-0.3, -0.25) is 4.90 Å². The van der Waals surface area contributed by atoms with Crippen molar-refractivity contribution in [2.24, 2.45) is 11.1 Å². The van der Waals surface area contributed by atoms with Crippen LogP contribution in [0.15, 0.2) is 0 Å². The molecule has 0 aromatic rings. The molecule has 2 nitrogen and oxygen atoms in total. The van der Waals surface area contributed by atoms with Crippen LogP contribution in [0.5, 0.6) is 0 Å². The van der Waals surface area contributed by atoms with Crippen LogP contribution in [0.2, 0.25) is 0 Å². The third-order valence-corrected chi connectivity index (χ3v) is 4.29. The predicted octanol–water partition coefficient (Wildman–Crippen LogP) is 3.80. The summed E-state index contributed by atoms with van der Waals surface area (Å²) in [6, 6.07) is 0.816. The van der Waals surface area contributed by atoms with Gasteiger partial charge in [-0.2, -0.15) is 0 Å². The Morgan fingerprint density at radius 2 is 1.61 bits per heavy atom. The zero-order valence-electron chi connectivity index (χ0n) is 12.9. The third kappa shape index (κ3) is 5.71. The first-order valence-electron chi connectivity index (χ1n) is 8.03. The highest BCUT2D eigenvalue weighted by molar-refractivity contribution is 4.80. The lowest BCUT2D eigenvalue weighted by Crippen LogP contribution is -2.44. The van der Waals surface area contributed by atoms with Crippen molar-refractivity contribution in [3.05, 3.63) is 0 Å². The SMILES string of the molecule is CCCN(CC(C)(C)CN)C1CCCCCCC1. The topological polar surface area (TPSA) is 29.3 Å². The number of nitrogens with zero attached hydrogens (tertiary/aromatic N) is 1. The highest BCUT2D eigenvalue weighted by Gasteiger charge is 2.25. The molecule has 0 bridgehead atoms. The Balaban J connectivity index is 2.57. The predicted molar refractivity (Wildman–Crippen MR) is 80.8 cm³/mol. The van der Waals surface area contributed by atoms with E-state index in [0.717, 1.165) is 12.6 Å². The van der Waals surface area contributed by atoms with Crippen LogP contribution in [-0.2, 0) is 0 Å². The molecule has 1 saturated carbocycles. The molecule has 0 spiro atoms. The Morgan fingerprint density at radius 1 is 1.06 bits per heavy atom. The van der Waals surface area contributed by atoms with Crippen LogP contribution in [0.1, 0.15) is 72.1 Å². The summed E-state index contributed by atoms with van der Waals surface area (Å²) in [5, 5.41) is 0. The van der Waals surface area contributed by atoms with Gasteiger partial charge < -0.3 is 5.73 Å². The summed E-state index contributed by atoms with van der Waals surface area (Å²) in [4.78, 5) is 2.73. The average molecular weight is 254 g/mol. The van der Waals surface area contributed by atoms with Crippen LogP contribution in [-0.4, -0.2) is 30.6 Å². The summed E-state index contributed by atoms with van der Waals surface area (Å²) >= 11 is 0. The fourth-order valence-electron chi connectivity index (χ4n) is 3.09. The van der Waals surface area contributed by atoms with Crippen molar-refractivity contribution in [3.63, 3.8) is 0 Å². The number of rotatable bonds is 6. The van der Waals surface area contributed by atoms with Gasteiger partial charge in [0.2, 0.25) is 0 Å². The van der Waals surface area contributed by atoms with Crippen LogP contribution in [0.4, 0.5) is 0 Å². The molecule has 0 radical (unpaired) electrons. The van der Waals surface area contributed by atoms with Crippen LogP contribution in [0.25, 0.3) is 0 Å². The highest BCUT2D eigenvalue weighted by atomic mass is 15.2. The molecule has 0 saturated heterocycles. The van der Waals surface area contributed by atoms with Crippen molar-refractivity contribution < 1.29 is 0 Å². The molecule has 18 heavy (non-hydrogen) atoms. The maximum Gasteiger partial charge on any atom is 0.00954 e. The van der Waals surface area contributed by atoms with E-state index >= 15 is 0 Å². The maximum atomic E-state index is 5.91. The number of hydrogen-bond donors (Lipinski definition) is 1. The smallest absolute Gasteiger partial charge is 0.00954 e. The summed E-state index contributed by atoms with van der Waals surface area (Å²) in [6.07, 6.45) is 11.3. The monoisotopic (exact) mass is 254 g/mol. The Labute approximate surface area is 114 Å². The van der Waals surface area contributed by atoms with Gasteiger partial charge in [-0.1, -0.05) is 52.9 Å². The molecule has 0 aromatic heterocycles. The van der Waals surface area contributed by atoms with Crippen molar-refractivity contribution in [2.75, 3.05) is 19.6 Å². The van der Waals surface area contributed by atoms with Crippen molar-refractivity contribution in [3.8, 4) is 0 Å². The standard InChI is InChI=1S/C16H34N2/c1-4-12-18(14-16(2,3)13-17)15-10-8-6-5-7-9-11-15/h15H,4-14,17H2,1-3H3.